The molecular formula is C67H124O12. The minimum Gasteiger partial charge on any atom is -0.479 e. The zero-order valence-electron chi connectivity index (χ0n) is 51.4. The van der Waals surface area contributed by atoms with Crippen LogP contribution in [0.1, 0.15) is 342 Å². The highest BCUT2D eigenvalue weighted by molar-refractivity contribution is 5.74. The molecule has 12 heteroatoms. The monoisotopic (exact) mass is 1120 g/mol. The second kappa shape index (κ2) is 56.0. The van der Waals surface area contributed by atoms with Gasteiger partial charge >= 0.3 is 23.9 Å². The van der Waals surface area contributed by atoms with Crippen LogP contribution < -0.4 is 0 Å². The van der Waals surface area contributed by atoms with Crippen LogP contribution in [0, 0.1) is 0 Å². The van der Waals surface area contributed by atoms with Crippen molar-refractivity contribution < 1.29 is 58.2 Å². The first-order chi connectivity index (χ1) is 38.6. The smallest absolute Gasteiger partial charge is 0.335 e. The topological polar surface area (TPSA) is 175 Å². The fourth-order valence-corrected chi connectivity index (χ4v) is 10.6. The van der Waals surface area contributed by atoms with Crippen molar-refractivity contribution in [2.75, 3.05) is 13.2 Å². The predicted molar refractivity (Wildman–Crippen MR) is 322 cm³/mol. The van der Waals surface area contributed by atoms with E-state index >= 15 is 0 Å². The van der Waals surface area contributed by atoms with Gasteiger partial charge < -0.3 is 39.0 Å². The van der Waals surface area contributed by atoms with Gasteiger partial charge in [0.05, 0.1) is 6.61 Å². The fraction of sp³-hybridized carbons (Fsp3) is 0.910. The summed E-state index contributed by atoms with van der Waals surface area (Å²) in [7, 11) is 0. The Balaban J connectivity index is 2.60. The van der Waals surface area contributed by atoms with Crippen molar-refractivity contribution >= 4 is 23.9 Å². The minimum atomic E-state index is -1.90. The van der Waals surface area contributed by atoms with E-state index in [1.807, 2.05) is 0 Å². The molecule has 1 aliphatic rings. The van der Waals surface area contributed by atoms with Gasteiger partial charge in [0, 0.05) is 19.3 Å². The van der Waals surface area contributed by atoms with Gasteiger partial charge in [-0.15, -0.1) is 0 Å². The minimum absolute atomic E-state index is 0.0560. The second-order valence-corrected chi connectivity index (χ2v) is 23.5. The van der Waals surface area contributed by atoms with E-state index in [2.05, 4.69) is 32.9 Å². The standard InChI is InChI=1S/C67H124O12/c1-4-7-10-13-16-19-22-24-26-28-30-32-34-36-39-41-44-47-50-53-59(68)75-56-58(77-60(69)54-51-48-45-43-40-37-35-33-31-29-27-25-23-20-17-14-11-8-5-2)57-76-67-65(63(72)62(71)64(79-67)66(73)74)78-61(70)55-52-49-46-42-38-21-18-15-12-9-6-3/h15,18,58,62-65,67,71-72H,4-14,16-17,19-57H2,1-3H3,(H,73,74)/b18-15-. The Morgan fingerprint density at radius 1 is 0.405 bits per heavy atom. The summed E-state index contributed by atoms with van der Waals surface area (Å²) in [5.41, 5.74) is 0. The maximum Gasteiger partial charge on any atom is 0.335 e. The second-order valence-electron chi connectivity index (χ2n) is 23.5. The highest BCUT2D eigenvalue weighted by Gasteiger charge is 2.50. The molecule has 1 fully saturated rings. The van der Waals surface area contributed by atoms with Crippen LogP contribution in [0.5, 0.6) is 0 Å². The van der Waals surface area contributed by atoms with Crippen LogP contribution in [0.4, 0.5) is 0 Å². The summed E-state index contributed by atoms with van der Waals surface area (Å²) in [6.45, 7) is 6.02. The Hall–Kier alpha value is -2.54. The van der Waals surface area contributed by atoms with Crippen LogP contribution in [-0.2, 0) is 42.9 Å². The summed E-state index contributed by atoms with van der Waals surface area (Å²) in [6, 6.07) is 0. The molecule has 0 amide bonds. The van der Waals surface area contributed by atoms with E-state index in [-0.39, 0.29) is 25.9 Å². The molecule has 6 unspecified atom stereocenters. The van der Waals surface area contributed by atoms with Crippen LogP contribution in [-0.4, -0.2) is 89.2 Å². The van der Waals surface area contributed by atoms with Gasteiger partial charge in [-0.3, -0.25) is 14.4 Å². The van der Waals surface area contributed by atoms with Gasteiger partial charge in [0.25, 0.3) is 0 Å². The molecule has 0 aromatic rings. The van der Waals surface area contributed by atoms with Gasteiger partial charge in [0.1, 0.15) is 18.8 Å². The lowest BCUT2D eigenvalue weighted by Crippen LogP contribution is -2.61. The van der Waals surface area contributed by atoms with Crippen molar-refractivity contribution in [3.8, 4) is 0 Å². The van der Waals surface area contributed by atoms with Crippen LogP contribution in [0.15, 0.2) is 12.2 Å². The zero-order chi connectivity index (χ0) is 57.5. The molecule has 1 rings (SSSR count). The number of aliphatic hydroxyl groups is 2. The molecule has 0 spiro atoms. The molecule has 0 aromatic carbocycles. The Kier molecular flexibility index (Phi) is 52.8. The van der Waals surface area contributed by atoms with Crippen LogP contribution in [0.25, 0.3) is 0 Å². The quantitative estimate of drug-likeness (QED) is 0.0228. The average molecular weight is 1120 g/mol. The lowest BCUT2D eigenvalue weighted by atomic mass is 9.98. The van der Waals surface area contributed by atoms with Crippen molar-refractivity contribution in [1.82, 2.24) is 0 Å². The molecule has 1 aliphatic heterocycles. The number of aliphatic hydroxyl groups excluding tert-OH is 2. The Morgan fingerprint density at radius 3 is 1.11 bits per heavy atom. The number of carboxylic acids is 1. The van der Waals surface area contributed by atoms with Crippen molar-refractivity contribution in [2.24, 2.45) is 0 Å². The lowest BCUT2D eigenvalue weighted by molar-refractivity contribution is -0.301. The fourth-order valence-electron chi connectivity index (χ4n) is 10.6. The van der Waals surface area contributed by atoms with E-state index in [9.17, 15) is 34.5 Å². The summed E-state index contributed by atoms with van der Waals surface area (Å²) in [6.07, 6.45) is 51.9. The van der Waals surface area contributed by atoms with Crippen molar-refractivity contribution in [3.63, 3.8) is 0 Å². The normalized spacial score (nSPS) is 17.8. The molecule has 0 bridgehead atoms. The van der Waals surface area contributed by atoms with Crippen LogP contribution in [0.2, 0.25) is 0 Å². The van der Waals surface area contributed by atoms with Gasteiger partial charge in [-0.2, -0.15) is 0 Å². The molecule has 0 saturated carbocycles. The molecule has 79 heavy (non-hydrogen) atoms. The average Bonchev–Trinajstić information content (AvgIpc) is 3.44. The highest BCUT2D eigenvalue weighted by Crippen LogP contribution is 2.27. The molecule has 0 aromatic heterocycles. The third-order valence-corrected chi connectivity index (χ3v) is 15.8. The number of carbonyl (C=O) groups is 4. The highest BCUT2D eigenvalue weighted by atomic mass is 16.7. The van der Waals surface area contributed by atoms with E-state index in [4.69, 9.17) is 23.7 Å². The molecule has 1 heterocycles. The summed E-state index contributed by atoms with van der Waals surface area (Å²) >= 11 is 0. The number of esters is 3. The molecule has 12 nitrogen and oxygen atoms in total. The Labute approximate surface area is 484 Å². The Bertz CT molecular complexity index is 1420. The number of unbranched alkanes of at least 4 members (excludes halogenated alkanes) is 43. The number of allylic oxidation sites excluding steroid dienone is 2. The largest absolute Gasteiger partial charge is 0.479 e. The number of hydrogen-bond donors (Lipinski definition) is 3. The Morgan fingerprint density at radius 2 is 0.734 bits per heavy atom. The van der Waals surface area contributed by atoms with Crippen molar-refractivity contribution in [3.05, 3.63) is 12.2 Å². The van der Waals surface area contributed by atoms with E-state index < -0.39 is 67.3 Å². The summed E-state index contributed by atoms with van der Waals surface area (Å²) in [5.74, 6) is -3.08. The molecule has 3 N–H and O–H groups in total. The first-order valence-electron chi connectivity index (χ1n) is 33.7. The predicted octanol–water partition coefficient (Wildman–Crippen LogP) is 18.0. The third-order valence-electron chi connectivity index (χ3n) is 15.8. The molecule has 0 aliphatic carbocycles. The maximum atomic E-state index is 13.2. The SMILES string of the molecule is CCCC/C=C\CCCCCCCC(=O)OC1C(OCC(COC(=O)CCCCCCCCCCCCCCCCCCCCC)OC(=O)CCCCCCCCCCCCCCCCCCCCC)OC(C(=O)O)C(O)C1O. The van der Waals surface area contributed by atoms with E-state index in [1.165, 1.54) is 205 Å². The lowest BCUT2D eigenvalue weighted by Gasteiger charge is -2.40. The number of carbonyl (C=O) groups excluding carboxylic acids is 3. The van der Waals surface area contributed by atoms with Crippen LogP contribution >= 0.6 is 0 Å². The van der Waals surface area contributed by atoms with Crippen LogP contribution in [0.3, 0.4) is 0 Å². The summed E-state index contributed by atoms with van der Waals surface area (Å²) in [5, 5.41) is 31.5. The first kappa shape index (κ1) is 74.5. The van der Waals surface area contributed by atoms with E-state index in [0.29, 0.717) is 19.3 Å². The number of rotatable bonds is 59. The van der Waals surface area contributed by atoms with Gasteiger partial charge in [0.15, 0.2) is 24.6 Å². The van der Waals surface area contributed by atoms with Gasteiger partial charge in [-0.25, -0.2) is 4.79 Å². The molecule has 1 saturated heterocycles. The number of hydrogen-bond acceptors (Lipinski definition) is 11. The third kappa shape index (κ3) is 45.6. The van der Waals surface area contributed by atoms with Gasteiger partial charge in [-0.1, -0.05) is 296 Å². The number of carboxylic acid groups (broad SMARTS) is 1. The maximum absolute atomic E-state index is 13.2. The zero-order valence-corrected chi connectivity index (χ0v) is 51.4. The summed E-state index contributed by atoms with van der Waals surface area (Å²) < 4.78 is 28.5. The van der Waals surface area contributed by atoms with Crippen molar-refractivity contribution in [2.45, 2.75) is 379 Å². The summed E-state index contributed by atoms with van der Waals surface area (Å²) in [4.78, 5) is 51.3. The molecule has 6 atom stereocenters. The van der Waals surface area contributed by atoms with E-state index in [0.717, 1.165) is 77.0 Å². The van der Waals surface area contributed by atoms with Gasteiger partial charge in [-0.05, 0) is 38.5 Å². The molecule has 464 valence electrons. The van der Waals surface area contributed by atoms with Crippen molar-refractivity contribution in [1.29, 1.82) is 0 Å². The van der Waals surface area contributed by atoms with E-state index in [1.54, 1.807) is 0 Å². The molecule has 0 radical (unpaired) electrons. The molecular weight excluding hydrogens is 997 g/mol. The first-order valence-corrected chi connectivity index (χ1v) is 33.7. The number of aliphatic carboxylic acids is 1. The van der Waals surface area contributed by atoms with Gasteiger partial charge in [0.2, 0.25) is 0 Å². The number of ether oxygens (including phenoxy) is 5.